The summed E-state index contributed by atoms with van der Waals surface area (Å²) < 4.78 is 0. The number of para-hydroxylation sites is 1. The number of aromatic amines is 1. The smallest absolute Gasteiger partial charge is 0.258 e. The highest BCUT2D eigenvalue weighted by atomic mass is 16.3. The number of piperidine rings is 1. The van der Waals surface area contributed by atoms with Gasteiger partial charge in [-0.2, -0.15) is 0 Å². The highest BCUT2D eigenvalue weighted by Crippen LogP contribution is 2.33. The van der Waals surface area contributed by atoms with Crippen molar-refractivity contribution in [3.8, 4) is 0 Å². The molecule has 1 saturated heterocycles. The van der Waals surface area contributed by atoms with E-state index < -0.39 is 0 Å². The van der Waals surface area contributed by atoms with Gasteiger partial charge in [-0.3, -0.25) is 9.69 Å². The number of aliphatic hydroxyl groups is 1. The summed E-state index contributed by atoms with van der Waals surface area (Å²) in [5, 5.41) is 10.1. The topological polar surface area (TPSA) is 69.2 Å². The Hall–Kier alpha value is -1.72. The number of hydrogen-bond donors (Lipinski definition) is 2. The minimum atomic E-state index is -0.0790. The third kappa shape index (κ3) is 2.78. The Labute approximate surface area is 130 Å². The molecular weight excluding hydrogens is 278 g/mol. The number of hydrogen-bond acceptors (Lipinski definition) is 4. The molecule has 1 aliphatic heterocycles. The van der Waals surface area contributed by atoms with Crippen molar-refractivity contribution in [2.75, 3.05) is 19.7 Å². The molecule has 0 spiro atoms. The van der Waals surface area contributed by atoms with E-state index in [2.05, 4.69) is 28.7 Å². The summed E-state index contributed by atoms with van der Waals surface area (Å²) in [6.07, 6.45) is 1.93. The maximum absolute atomic E-state index is 12.2. The summed E-state index contributed by atoms with van der Waals surface area (Å²) in [6.45, 7) is 6.27. The van der Waals surface area contributed by atoms with Crippen LogP contribution in [0.25, 0.3) is 10.9 Å². The van der Waals surface area contributed by atoms with E-state index in [1.54, 1.807) is 6.07 Å². The number of rotatable bonds is 3. The van der Waals surface area contributed by atoms with Crippen molar-refractivity contribution in [2.45, 2.75) is 32.7 Å². The van der Waals surface area contributed by atoms with Crippen LogP contribution in [-0.4, -0.2) is 39.7 Å². The monoisotopic (exact) mass is 301 g/mol. The van der Waals surface area contributed by atoms with Gasteiger partial charge in [0.15, 0.2) is 0 Å². The molecule has 2 N–H and O–H groups in total. The summed E-state index contributed by atoms with van der Waals surface area (Å²) in [5.74, 6) is 0.719. The van der Waals surface area contributed by atoms with Crippen LogP contribution in [-0.2, 0) is 0 Å². The van der Waals surface area contributed by atoms with Crippen LogP contribution in [0.15, 0.2) is 29.1 Å². The molecule has 0 amide bonds. The Balaban J connectivity index is 1.84. The molecule has 2 aromatic rings. The van der Waals surface area contributed by atoms with Crippen molar-refractivity contribution in [3.63, 3.8) is 0 Å². The highest BCUT2D eigenvalue weighted by molar-refractivity contribution is 5.77. The first kappa shape index (κ1) is 15.2. The minimum absolute atomic E-state index is 0.0282. The highest BCUT2D eigenvalue weighted by Gasteiger charge is 2.32. The maximum Gasteiger partial charge on any atom is 0.258 e. The van der Waals surface area contributed by atoms with Crippen molar-refractivity contribution >= 4 is 10.9 Å². The lowest BCUT2D eigenvalue weighted by Crippen LogP contribution is -2.42. The van der Waals surface area contributed by atoms with E-state index in [1.807, 2.05) is 18.2 Å². The Morgan fingerprint density at radius 1 is 1.36 bits per heavy atom. The molecule has 5 heteroatoms. The molecule has 1 aromatic heterocycles. The molecule has 0 saturated carbocycles. The average Bonchev–Trinajstić information content (AvgIpc) is 2.55. The molecule has 2 heterocycles. The second-order valence-corrected chi connectivity index (χ2v) is 6.65. The lowest BCUT2D eigenvalue weighted by molar-refractivity contribution is 0.0413. The summed E-state index contributed by atoms with van der Waals surface area (Å²) >= 11 is 0. The summed E-state index contributed by atoms with van der Waals surface area (Å²) in [5.41, 5.74) is 0.690. The van der Waals surface area contributed by atoms with Gasteiger partial charge in [0.2, 0.25) is 0 Å². The van der Waals surface area contributed by atoms with Crippen LogP contribution in [0.4, 0.5) is 0 Å². The standard InChI is InChI=1S/C17H23N3O2/c1-12(20-9-7-17(2,11-21)8-10-20)15-18-14-6-4-3-5-13(14)16(22)19-15/h3-6,12,21H,7-11H2,1-2H3,(H,18,19,22). The van der Waals surface area contributed by atoms with Crippen molar-refractivity contribution in [3.05, 3.63) is 40.4 Å². The van der Waals surface area contributed by atoms with Crippen LogP contribution in [0.5, 0.6) is 0 Å². The predicted molar refractivity (Wildman–Crippen MR) is 86.8 cm³/mol. The molecule has 1 unspecified atom stereocenters. The fourth-order valence-electron chi connectivity index (χ4n) is 3.08. The van der Waals surface area contributed by atoms with Gasteiger partial charge >= 0.3 is 0 Å². The molecule has 5 nitrogen and oxygen atoms in total. The maximum atomic E-state index is 12.2. The lowest BCUT2D eigenvalue weighted by atomic mass is 9.81. The molecular formula is C17H23N3O2. The van der Waals surface area contributed by atoms with Crippen LogP contribution in [0.2, 0.25) is 0 Å². The Kier molecular flexibility index (Phi) is 4.02. The van der Waals surface area contributed by atoms with E-state index in [0.717, 1.165) is 37.3 Å². The van der Waals surface area contributed by atoms with Gasteiger partial charge in [0.1, 0.15) is 5.82 Å². The SMILES string of the molecule is CC(c1nc2ccccc2c(=O)[nH]1)N1CCC(C)(CO)CC1. The molecule has 118 valence electrons. The van der Waals surface area contributed by atoms with Crippen molar-refractivity contribution in [2.24, 2.45) is 5.41 Å². The number of aliphatic hydroxyl groups excluding tert-OH is 1. The summed E-state index contributed by atoms with van der Waals surface area (Å²) in [4.78, 5) is 22.1. The Bertz CT molecular complexity index is 717. The molecule has 1 aliphatic rings. The molecule has 1 atom stereocenters. The van der Waals surface area contributed by atoms with Gasteiger partial charge in [-0.15, -0.1) is 0 Å². The van der Waals surface area contributed by atoms with E-state index >= 15 is 0 Å². The van der Waals surface area contributed by atoms with Crippen LogP contribution < -0.4 is 5.56 Å². The largest absolute Gasteiger partial charge is 0.396 e. The molecule has 1 aromatic carbocycles. The number of nitrogens with zero attached hydrogens (tertiary/aromatic N) is 2. The van der Waals surface area contributed by atoms with E-state index in [4.69, 9.17) is 0 Å². The number of likely N-dealkylation sites (tertiary alicyclic amines) is 1. The first-order valence-electron chi connectivity index (χ1n) is 7.86. The second-order valence-electron chi connectivity index (χ2n) is 6.65. The zero-order valence-electron chi connectivity index (χ0n) is 13.2. The molecule has 0 bridgehead atoms. The van der Waals surface area contributed by atoms with Gasteiger partial charge in [-0.1, -0.05) is 19.1 Å². The van der Waals surface area contributed by atoms with E-state index in [1.165, 1.54) is 0 Å². The number of nitrogens with one attached hydrogen (secondary N) is 1. The first-order valence-corrected chi connectivity index (χ1v) is 7.86. The quantitative estimate of drug-likeness (QED) is 0.910. The fourth-order valence-corrected chi connectivity index (χ4v) is 3.08. The van der Waals surface area contributed by atoms with E-state index in [-0.39, 0.29) is 23.6 Å². The summed E-state index contributed by atoms with van der Waals surface area (Å²) in [6, 6.07) is 7.49. The lowest BCUT2D eigenvalue weighted by Gasteiger charge is -2.40. The van der Waals surface area contributed by atoms with Gasteiger partial charge in [-0.05, 0) is 50.4 Å². The van der Waals surface area contributed by atoms with Crippen molar-refractivity contribution in [1.82, 2.24) is 14.9 Å². The van der Waals surface area contributed by atoms with Crippen LogP contribution in [0.1, 0.15) is 38.6 Å². The Morgan fingerprint density at radius 2 is 2.05 bits per heavy atom. The Morgan fingerprint density at radius 3 is 2.73 bits per heavy atom. The fraction of sp³-hybridized carbons (Fsp3) is 0.529. The van der Waals surface area contributed by atoms with Crippen LogP contribution >= 0.6 is 0 Å². The number of aromatic nitrogens is 2. The second kappa shape index (κ2) is 5.82. The van der Waals surface area contributed by atoms with Gasteiger partial charge in [-0.25, -0.2) is 4.98 Å². The predicted octanol–water partition coefficient (Wildman–Crippen LogP) is 2.08. The van der Waals surface area contributed by atoms with Crippen molar-refractivity contribution < 1.29 is 5.11 Å². The average molecular weight is 301 g/mol. The molecule has 3 rings (SSSR count). The molecule has 0 aliphatic carbocycles. The van der Waals surface area contributed by atoms with E-state index in [0.29, 0.717) is 5.39 Å². The molecule has 0 radical (unpaired) electrons. The van der Waals surface area contributed by atoms with Crippen LogP contribution in [0, 0.1) is 5.41 Å². The number of benzene rings is 1. The third-order valence-electron chi connectivity index (χ3n) is 4.96. The zero-order valence-corrected chi connectivity index (χ0v) is 13.2. The van der Waals surface area contributed by atoms with E-state index in [9.17, 15) is 9.90 Å². The number of H-pyrrole nitrogens is 1. The molecule has 22 heavy (non-hydrogen) atoms. The van der Waals surface area contributed by atoms with Gasteiger partial charge in [0, 0.05) is 6.61 Å². The van der Waals surface area contributed by atoms with Gasteiger partial charge in [0.05, 0.1) is 16.9 Å². The molecule has 1 fully saturated rings. The van der Waals surface area contributed by atoms with Crippen LogP contribution in [0.3, 0.4) is 0 Å². The summed E-state index contributed by atoms with van der Waals surface area (Å²) in [7, 11) is 0. The van der Waals surface area contributed by atoms with Gasteiger partial charge < -0.3 is 10.1 Å². The minimum Gasteiger partial charge on any atom is -0.396 e. The first-order chi connectivity index (χ1) is 10.5. The third-order valence-corrected chi connectivity index (χ3v) is 4.96. The zero-order chi connectivity index (χ0) is 15.7. The van der Waals surface area contributed by atoms with Gasteiger partial charge in [0.25, 0.3) is 5.56 Å². The number of fused-ring (bicyclic) bond motifs is 1. The normalized spacial score (nSPS) is 20.1. The van der Waals surface area contributed by atoms with Crippen molar-refractivity contribution in [1.29, 1.82) is 0 Å².